The van der Waals surface area contributed by atoms with Crippen LogP contribution in [0, 0.1) is 6.92 Å². The third-order valence-corrected chi connectivity index (χ3v) is 4.80. The van der Waals surface area contributed by atoms with Crippen LogP contribution in [0.4, 0.5) is 10.6 Å². The molecule has 0 atom stereocenters. The Morgan fingerprint density at radius 3 is 2.74 bits per heavy atom. The van der Waals surface area contributed by atoms with Gasteiger partial charge in [0.25, 0.3) is 0 Å². The minimum atomic E-state index is -0.225. The van der Waals surface area contributed by atoms with Crippen molar-refractivity contribution in [3.05, 3.63) is 34.4 Å². The molecule has 2 aromatic rings. The lowest BCUT2D eigenvalue weighted by molar-refractivity contribution is 0.105. The summed E-state index contributed by atoms with van der Waals surface area (Å²) in [5.74, 6) is 0.982. The average molecular weight is 378 g/mol. The van der Waals surface area contributed by atoms with E-state index < -0.39 is 0 Å². The maximum atomic E-state index is 11.8. The number of pyridine rings is 1. The molecule has 6 heteroatoms. The van der Waals surface area contributed by atoms with Gasteiger partial charge in [0.15, 0.2) is 0 Å². The van der Waals surface area contributed by atoms with Crippen LogP contribution < -0.4 is 4.90 Å². The molecule has 0 unspecified atom stereocenters. The summed E-state index contributed by atoms with van der Waals surface area (Å²) in [7, 11) is 0. The van der Waals surface area contributed by atoms with Gasteiger partial charge < -0.3 is 14.5 Å². The zero-order valence-electron chi connectivity index (χ0n) is 13.4. The smallest absolute Gasteiger partial charge is 0.409 e. The molecule has 1 aliphatic rings. The highest BCUT2D eigenvalue weighted by Gasteiger charge is 2.24. The second-order valence-corrected chi connectivity index (χ2v) is 6.45. The molecule has 1 aromatic carbocycles. The van der Waals surface area contributed by atoms with Crippen molar-refractivity contribution in [1.82, 2.24) is 9.88 Å². The maximum Gasteiger partial charge on any atom is 0.409 e. The molecule has 1 saturated heterocycles. The first kappa shape index (κ1) is 16.1. The van der Waals surface area contributed by atoms with Gasteiger partial charge in [0.05, 0.1) is 6.61 Å². The Labute approximate surface area is 144 Å². The zero-order chi connectivity index (χ0) is 16.4. The van der Waals surface area contributed by atoms with Gasteiger partial charge in [-0.3, -0.25) is 0 Å². The molecule has 0 N–H and O–H groups in total. The third kappa shape index (κ3) is 3.13. The summed E-state index contributed by atoms with van der Waals surface area (Å²) in [6.07, 6.45) is 1.69. The van der Waals surface area contributed by atoms with E-state index in [2.05, 4.69) is 44.9 Å². The topological polar surface area (TPSA) is 45.7 Å². The zero-order valence-corrected chi connectivity index (χ0v) is 15.0. The molecule has 5 nitrogen and oxygen atoms in total. The Bertz CT molecular complexity index is 719. The highest BCUT2D eigenvalue weighted by molar-refractivity contribution is 9.10. The van der Waals surface area contributed by atoms with E-state index in [0.29, 0.717) is 19.7 Å². The van der Waals surface area contributed by atoms with Crippen LogP contribution in [0.2, 0.25) is 0 Å². The summed E-state index contributed by atoms with van der Waals surface area (Å²) in [6.45, 7) is 7.15. The van der Waals surface area contributed by atoms with Crippen molar-refractivity contribution in [3.8, 4) is 0 Å². The second kappa shape index (κ2) is 6.74. The van der Waals surface area contributed by atoms with E-state index in [1.54, 1.807) is 4.90 Å². The summed E-state index contributed by atoms with van der Waals surface area (Å²) in [4.78, 5) is 20.5. The number of rotatable bonds is 2. The summed E-state index contributed by atoms with van der Waals surface area (Å²) in [5.41, 5.74) is 1.15. The quantitative estimate of drug-likeness (QED) is 0.802. The molecule has 0 radical (unpaired) electrons. The normalized spacial score (nSPS) is 15.1. The third-order valence-electron chi connectivity index (χ3n) is 4.13. The number of amides is 1. The fourth-order valence-corrected chi connectivity index (χ4v) is 3.65. The van der Waals surface area contributed by atoms with Gasteiger partial charge in [-0.25, -0.2) is 9.78 Å². The lowest BCUT2D eigenvalue weighted by Crippen LogP contribution is -2.49. The molecule has 1 aromatic heterocycles. The van der Waals surface area contributed by atoms with Gasteiger partial charge in [-0.1, -0.05) is 28.1 Å². The van der Waals surface area contributed by atoms with E-state index in [4.69, 9.17) is 4.74 Å². The van der Waals surface area contributed by atoms with Crippen molar-refractivity contribution in [2.24, 2.45) is 0 Å². The molecule has 1 aliphatic heterocycles. The number of hydrogen-bond donors (Lipinski definition) is 0. The van der Waals surface area contributed by atoms with Crippen LogP contribution in [0.3, 0.4) is 0 Å². The van der Waals surface area contributed by atoms with Gasteiger partial charge in [0.2, 0.25) is 0 Å². The largest absolute Gasteiger partial charge is 0.450 e. The Balaban J connectivity index is 1.84. The number of aryl methyl sites for hydroxylation is 1. The Morgan fingerprint density at radius 2 is 2.04 bits per heavy atom. The summed E-state index contributed by atoms with van der Waals surface area (Å²) >= 11 is 3.64. The lowest BCUT2D eigenvalue weighted by atomic mass is 10.1. The molecule has 23 heavy (non-hydrogen) atoms. The minimum absolute atomic E-state index is 0.225. The van der Waals surface area contributed by atoms with Gasteiger partial charge in [-0.2, -0.15) is 0 Å². The molecular weight excluding hydrogens is 358 g/mol. The highest BCUT2D eigenvalue weighted by Crippen LogP contribution is 2.32. The first-order valence-electron chi connectivity index (χ1n) is 7.82. The van der Waals surface area contributed by atoms with Crippen LogP contribution in [0.5, 0.6) is 0 Å². The number of anilines is 1. The number of ether oxygens (including phenoxy) is 1. The molecular formula is C17H20BrN3O2. The van der Waals surface area contributed by atoms with Crippen LogP contribution in [-0.2, 0) is 4.74 Å². The molecule has 0 spiro atoms. The molecule has 2 heterocycles. The van der Waals surface area contributed by atoms with Gasteiger partial charge in [-0.15, -0.1) is 0 Å². The fraction of sp³-hybridized carbons (Fsp3) is 0.412. The number of halogens is 1. The van der Waals surface area contributed by atoms with E-state index in [1.807, 2.05) is 19.2 Å². The molecule has 1 amide bonds. The predicted molar refractivity (Wildman–Crippen MR) is 95.0 cm³/mol. The van der Waals surface area contributed by atoms with Crippen LogP contribution in [0.1, 0.15) is 12.5 Å². The number of fused-ring (bicyclic) bond motifs is 1. The SMILES string of the molecule is CCOC(=O)N1CCN(c2ncc(C)c3c(Br)cccc23)CC1. The average Bonchev–Trinajstić information content (AvgIpc) is 2.56. The van der Waals surface area contributed by atoms with Crippen LogP contribution in [0.15, 0.2) is 28.9 Å². The molecule has 0 saturated carbocycles. The van der Waals surface area contributed by atoms with Crippen molar-refractivity contribution >= 4 is 38.6 Å². The number of hydrogen-bond acceptors (Lipinski definition) is 4. The van der Waals surface area contributed by atoms with Gasteiger partial charge >= 0.3 is 6.09 Å². The standard InChI is InChI=1S/C17H20BrN3O2/c1-3-23-17(22)21-9-7-20(8-10-21)16-13-5-4-6-14(18)15(13)12(2)11-19-16/h4-6,11H,3,7-10H2,1-2H3. The molecule has 0 bridgehead atoms. The van der Waals surface area contributed by atoms with Crippen molar-refractivity contribution in [1.29, 1.82) is 0 Å². The molecule has 3 rings (SSSR count). The minimum Gasteiger partial charge on any atom is -0.450 e. The van der Waals surface area contributed by atoms with E-state index in [9.17, 15) is 4.79 Å². The van der Waals surface area contributed by atoms with Crippen molar-refractivity contribution in [2.45, 2.75) is 13.8 Å². The van der Waals surface area contributed by atoms with Crippen LogP contribution in [0.25, 0.3) is 10.8 Å². The Kier molecular flexibility index (Phi) is 4.71. The number of nitrogens with zero attached hydrogens (tertiary/aromatic N) is 3. The number of carbonyl (C=O) groups excluding carboxylic acids is 1. The summed E-state index contributed by atoms with van der Waals surface area (Å²) in [5, 5.41) is 2.34. The van der Waals surface area contributed by atoms with Gasteiger partial charge in [0.1, 0.15) is 5.82 Å². The first-order valence-corrected chi connectivity index (χ1v) is 8.61. The second-order valence-electron chi connectivity index (χ2n) is 5.60. The lowest BCUT2D eigenvalue weighted by Gasteiger charge is -2.35. The number of benzene rings is 1. The van der Waals surface area contributed by atoms with Crippen LogP contribution >= 0.6 is 15.9 Å². The summed E-state index contributed by atoms with van der Waals surface area (Å²) in [6, 6.07) is 6.19. The van der Waals surface area contributed by atoms with Gasteiger partial charge in [-0.05, 0) is 25.5 Å². The van der Waals surface area contributed by atoms with Crippen molar-refractivity contribution in [2.75, 3.05) is 37.7 Å². The Morgan fingerprint density at radius 1 is 1.30 bits per heavy atom. The van der Waals surface area contributed by atoms with E-state index >= 15 is 0 Å². The van der Waals surface area contributed by atoms with Crippen molar-refractivity contribution < 1.29 is 9.53 Å². The molecule has 122 valence electrons. The van der Waals surface area contributed by atoms with E-state index in [1.165, 1.54) is 5.39 Å². The molecule has 1 fully saturated rings. The number of aromatic nitrogens is 1. The van der Waals surface area contributed by atoms with Crippen LogP contribution in [-0.4, -0.2) is 48.8 Å². The summed E-state index contributed by atoms with van der Waals surface area (Å²) < 4.78 is 6.16. The number of carbonyl (C=O) groups is 1. The number of piperazine rings is 1. The van der Waals surface area contributed by atoms with E-state index in [0.717, 1.165) is 34.3 Å². The maximum absolute atomic E-state index is 11.8. The predicted octanol–water partition coefficient (Wildman–Crippen LogP) is 3.58. The van der Waals surface area contributed by atoms with Gasteiger partial charge in [0, 0.05) is 47.6 Å². The monoisotopic (exact) mass is 377 g/mol. The highest BCUT2D eigenvalue weighted by atomic mass is 79.9. The first-order chi connectivity index (χ1) is 11.1. The Hall–Kier alpha value is -1.82. The van der Waals surface area contributed by atoms with Crippen molar-refractivity contribution in [3.63, 3.8) is 0 Å². The van der Waals surface area contributed by atoms with E-state index in [-0.39, 0.29) is 6.09 Å². The fourth-order valence-electron chi connectivity index (χ4n) is 2.97. The molecule has 0 aliphatic carbocycles.